The van der Waals surface area contributed by atoms with Gasteiger partial charge in [-0.1, -0.05) is 6.07 Å². The molecule has 1 aliphatic rings. The SMILES string of the molecule is CN(Cc1cccs1)C(=O)COc1ccc(S(=O)(=O)N2CCOCC2)cc1. The van der Waals surface area contributed by atoms with Crippen LogP contribution in [0.15, 0.2) is 46.7 Å². The molecule has 0 saturated carbocycles. The van der Waals surface area contributed by atoms with Crippen LogP contribution >= 0.6 is 11.3 Å². The van der Waals surface area contributed by atoms with Crippen LogP contribution in [0.2, 0.25) is 0 Å². The van der Waals surface area contributed by atoms with E-state index in [2.05, 4.69) is 0 Å². The summed E-state index contributed by atoms with van der Waals surface area (Å²) in [6, 6.07) is 10.1. The van der Waals surface area contributed by atoms with Gasteiger partial charge in [0.2, 0.25) is 10.0 Å². The Balaban J connectivity index is 1.55. The number of carbonyl (C=O) groups is 1. The largest absolute Gasteiger partial charge is 0.484 e. The summed E-state index contributed by atoms with van der Waals surface area (Å²) < 4.78 is 37.3. The van der Waals surface area contributed by atoms with Crippen LogP contribution in [0.5, 0.6) is 5.75 Å². The summed E-state index contributed by atoms with van der Waals surface area (Å²) in [6.45, 7) is 1.95. The van der Waals surface area contributed by atoms with E-state index in [0.717, 1.165) is 4.88 Å². The number of benzene rings is 1. The highest BCUT2D eigenvalue weighted by Gasteiger charge is 2.26. The molecule has 0 unspecified atom stereocenters. The summed E-state index contributed by atoms with van der Waals surface area (Å²) >= 11 is 1.60. The van der Waals surface area contributed by atoms with E-state index in [1.807, 2.05) is 17.5 Å². The summed E-state index contributed by atoms with van der Waals surface area (Å²) in [5.41, 5.74) is 0. The topological polar surface area (TPSA) is 76.2 Å². The highest BCUT2D eigenvalue weighted by Crippen LogP contribution is 2.20. The van der Waals surface area contributed by atoms with E-state index in [1.165, 1.54) is 16.4 Å². The Morgan fingerprint density at radius 2 is 1.93 bits per heavy atom. The van der Waals surface area contributed by atoms with Crippen molar-refractivity contribution < 1.29 is 22.7 Å². The first kappa shape index (κ1) is 19.8. The number of rotatable bonds is 7. The van der Waals surface area contributed by atoms with Crippen LogP contribution in [-0.4, -0.2) is 63.5 Å². The maximum atomic E-state index is 12.6. The maximum Gasteiger partial charge on any atom is 0.260 e. The number of amides is 1. The van der Waals surface area contributed by atoms with Crippen LogP contribution < -0.4 is 4.74 Å². The molecule has 1 saturated heterocycles. The number of morpholine rings is 1. The molecule has 1 amide bonds. The Labute approximate surface area is 163 Å². The predicted octanol–water partition coefficient (Wildman–Crippen LogP) is 1.81. The first-order valence-electron chi connectivity index (χ1n) is 8.54. The zero-order chi connectivity index (χ0) is 19.3. The fourth-order valence-electron chi connectivity index (χ4n) is 2.62. The van der Waals surface area contributed by atoms with Crippen LogP contribution in [-0.2, 0) is 26.1 Å². The molecule has 0 atom stereocenters. The molecular formula is C18H22N2O5S2. The van der Waals surface area contributed by atoms with Gasteiger partial charge in [-0.3, -0.25) is 4.79 Å². The van der Waals surface area contributed by atoms with Crippen molar-refractivity contribution in [2.75, 3.05) is 40.0 Å². The van der Waals surface area contributed by atoms with Crippen molar-refractivity contribution >= 4 is 27.3 Å². The number of hydrogen-bond donors (Lipinski definition) is 0. The fourth-order valence-corrected chi connectivity index (χ4v) is 4.79. The number of likely N-dealkylation sites (N-methyl/N-ethyl adjacent to an activating group) is 1. The molecule has 1 aromatic heterocycles. The quantitative estimate of drug-likeness (QED) is 0.696. The molecule has 1 aliphatic heterocycles. The van der Waals surface area contributed by atoms with Crippen LogP contribution in [0.4, 0.5) is 0 Å². The minimum absolute atomic E-state index is 0.0998. The van der Waals surface area contributed by atoms with Crippen LogP contribution in [0.3, 0.4) is 0 Å². The second-order valence-electron chi connectivity index (χ2n) is 6.11. The lowest BCUT2D eigenvalue weighted by Gasteiger charge is -2.26. The summed E-state index contributed by atoms with van der Waals surface area (Å²) in [6.07, 6.45) is 0. The molecule has 2 heterocycles. The molecule has 0 spiro atoms. The fraction of sp³-hybridized carbons (Fsp3) is 0.389. The summed E-state index contributed by atoms with van der Waals surface area (Å²) in [5.74, 6) is 0.308. The molecule has 0 bridgehead atoms. The molecule has 1 aromatic carbocycles. The summed E-state index contributed by atoms with van der Waals surface area (Å²) in [4.78, 5) is 15.1. The normalized spacial score (nSPS) is 15.4. The zero-order valence-electron chi connectivity index (χ0n) is 15.0. The average Bonchev–Trinajstić information content (AvgIpc) is 3.20. The van der Waals surface area contributed by atoms with Crippen molar-refractivity contribution in [2.24, 2.45) is 0 Å². The van der Waals surface area contributed by atoms with Gasteiger partial charge in [-0.2, -0.15) is 4.31 Å². The van der Waals surface area contributed by atoms with Gasteiger partial charge in [0, 0.05) is 25.0 Å². The van der Waals surface area contributed by atoms with Gasteiger partial charge in [-0.05, 0) is 35.7 Å². The van der Waals surface area contributed by atoms with Crippen LogP contribution in [0.25, 0.3) is 0 Å². The first-order valence-corrected chi connectivity index (χ1v) is 10.9. The smallest absolute Gasteiger partial charge is 0.260 e. The number of nitrogens with zero attached hydrogens (tertiary/aromatic N) is 2. The Hall–Kier alpha value is -1.94. The van der Waals surface area contributed by atoms with E-state index in [4.69, 9.17) is 9.47 Å². The third-order valence-corrected chi connectivity index (χ3v) is 6.97. The van der Waals surface area contributed by atoms with Crippen molar-refractivity contribution in [3.63, 3.8) is 0 Å². The lowest BCUT2D eigenvalue weighted by atomic mass is 10.3. The molecule has 27 heavy (non-hydrogen) atoms. The maximum absolute atomic E-state index is 12.6. The van der Waals surface area contributed by atoms with Gasteiger partial charge >= 0.3 is 0 Å². The third kappa shape index (κ3) is 5.07. The van der Waals surface area contributed by atoms with E-state index < -0.39 is 10.0 Å². The Morgan fingerprint density at radius 1 is 1.22 bits per heavy atom. The molecule has 3 rings (SSSR count). The predicted molar refractivity (Wildman–Crippen MR) is 102 cm³/mol. The van der Waals surface area contributed by atoms with Gasteiger partial charge in [-0.25, -0.2) is 8.42 Å². The number of sulfonamides is 1. The average molecular weight is 411 g/mol. The molecule has 0 radical (unpaired) electrons. The van der Waals surface area contributed by atoms with Crippen LogP contribution in [0, 0.1) is 0 Å². The number of carbonyl (C=O) groups excluding carboxylic acids is 1. The molecule has 1 fully saturated rings. The second-order valence-corrected chi connectivity index (χ2v) is 9.08. The van der Waals surface area contributed by atoms with Gasteiger partial charge in [-0.15, -0.1) is 11.3 Å². The summed E-state index contributed by atoms with van der Waals surface area (Å²) in [7, 11) is -1.80. The van der Waals surface area contributed by atoms with Gasteiger partial charge in [0.05, 0.1) is 24.7 Å². The highest BCUT2D eigenvalue weighted by atomic mass is 32.2. The molecule has 146 valence electrons. The lowest BCUT2D eigenvalue weighted by molar-refractivity contribution is -0.132. The van der Waals surface area contributed by atoms with Crippen molar-refractivity contribution in [1.29, 1.82) is 0 Å². The molecule has 2 aromatic rings. The van der Waals surface area contributed by atoms with Gasteiger partial charge < -0.3 is 14.4 Å². The van der Waals surface area contributed by atoms with Crippen molar-refractivity contribution in [3.05, 3.63) is 46.7 Å². The van der Waals surface area contributed by atoms with E-state index in [1.54, 1.807) is 35.4 Å². The van der Waals surface area contributed by atoms with Gasteiger partial charge in [0.1, 0.15) is 5.75 Å². The first-order chi connectivity index (χ1) is 13.0. The van der Waals surface area contributed by atoms with Crippen LogP contribution in [0.1, 0.15) is 4.88 Å². The second kappa shape index (κ2) is 8.83. The van der Waals surface area contributed by atoms with Crippen molar-refractivity contribution in [1.82, 2.24) is 9.21 Å². The molecule has 0 aliphatic carbocycles. The van der Waals surface area contributed by atoms with E-state index >= 15 is 0 Å². The number of thiophene rings is 1. The molecule has 9 heteroatoms. The highest BCUT2D eigenvalue weighted by molar-refractivity contribution is 7.89. The van der Waals surface area contributed by atoms with Crippen molar-refractivity contribution in [3.8, 4) is 5.75 Å². The molecule has 0 N–H and O–H groups in total. The van der Waals surface area contributed by atoms with Gasteiger partial charge in [0.25, 0.3) is 5.91 Å². The Morgan fingerprint density at radius 3 is 2.56 bits per heavy atom. The standard InChI is InChI=1S/C18H22N2O5S2/c1-19(13-16-3-2-12-26-16)18(21)14-25-15-4-6-17(7-5-15)27(22,23)20-8-10-24-11-9-20/h2-7,12H,8-11,13-14H2,1H3. The molecular weight excluding hydrogens is 388 g/mol. The number of hydrogen-bond acceptors (Lipinski definition) is 6. The van der Waals surface area contributed by atoms with E-state index in [9.17, 15) is 13.2 Å². The van der Waals surface area contributed by atoms with E-state index in [0.29, 0.717) is 38.6 Å². The van der Waals surface area contributed by atoms with E-state index in [-0.39, 0.29) is 17.4 Å². The minimum Gasteiger partial charge on any atom is -0.484 e. The Kier molecular flexibility index (Phi) is 6.48. The van der Waals surface area contributed by atoms with Crippen molar-refractivity contribution in [2.45, 2.75) is 11.4 Å². The number of ether oxygens (including phenoxy) is 2. The molecule has 7 nitrogen and oxygen atoms in total. The third-order valence-electron chi connectivity index (χ3n) is 4.19. The Bertz CT molecular complexity index is 844. The van der Waals surface area contributed by atoms with Gasteiger partial charge in [0.15, 0.2) is 6.61 Å². The monoisotopic (exact) mass is 410 g/mol. The lowest BCUT2D eigenvalue weighted by Crippen LogP contribution is -2.40. The minimum atomic E-state index is -3.53. The summed E-state index contributed by atoms with van der Waals surface area (Å²) in [5, 5.41) is 1.97. The zero-order valence-corrected chi connectivity index (χ0v) is 16.7.